The fourth-order valence-corrected chi connectivity index (χ4v) is 8.85. The third-order valence-corrected chi connectivity index (χ3v) is 10.5. The Kier molecular flexibility index (Phi) is 6.44. The summed E-state index contributed by atoms with van der Waals surface area (Å²) in [6.45, 7) is 13.2. The summed E-state index contributed by atoms with van der Waals surface area (Å²) >= 11 is 0. The number of allylic oxidation sites excluding steroid dienone is 1. The summed E-state index contributed by atoms with van der Waals surface area (Å²) < 4.78 is 5.36. The van der Waals surface area contributed by atoms with Crippen LogP contribution in [0.5, 0.6) is 0 Å². The molecule has 170 valence electrons. The van der Waals surface area contributed by atoms with Gasteiger partial charge in [-0.2, -0.15) is 0 Å². The second-order valence-corrected chi connectivity index (χ2v) is 12.4. The number of hydrogen-bond acceptors (Lipinski definition) is 2. The molecule has 30 heavy (non-hydrogen) atoms. The number of carbonyl (C=O) groups excluding carboxylic acids is 1. The lowest BCUT2D eigenvalue weighted by Crippen LogP contribution is -2.51. The van der Waals surface area contributed by atoms with Crippen molar-refractivity contribution in [1.29, 1.82) is 0 Å². The normalized spacial score (nSPS) is 43.9. The van der Waals surface area contributed by atoms with E-state index in [4.69, 9.17) is 4.74 Å². The van der Waals surface area contributed by atoms with Gasteiger partial charge >= 0.3 is 0 Å². The number of ether oxygens (including phenoxy) is 1. The predicted molar refractivity (Wildman–Crippen MR) is 124 cm³/mol. The zero-order chi connectivity index (χ0) is 21.5. The lowest BCUT2D eigenvalue weighted by atomic mass is 9.47. The predicted octanol–water partition coefficient (Wildman–Crippen LogP) is 7.57. The highest BCUT2D eigenvalue weighted by Crippen LogP contribution is 2.67. The lowest BCUT2D eigenvalue weighted by molar-refractivity contribution is -0.136. The van der Waals surface area contributed by atoms with E-state index >= 15 is 0 Å². The van der Waals surface area contributed by atoms with E-state index in [1.165, 1.54) is 57.8 Å². The molecule has 0 aliphatic heterocycles. The Hall–Kier alpha value is -0.790. The minimum Gasteiger partial charge on any atom is -0.464 e. The van der Waals surface area contributed by atoms with Crippen molar-refractivity contribution < 1.29 is 9.53 Å². The van der Waals surface area contributed by atoms with Crippen LogP contribution in [0.2, 0.25) is 0 Å². The molecule has 3 saturated carbocycles. The molecule has 4 aliphatic carbocycles. The molecular formula is C28H46O2. The lowest BCUT2D eigenvalue weighted by Gasteiger charge is -2.58. The van der Waals surface area contributed by atoms with E-state index in [-0.39, 0.29) is 6.10 Å². The van der Waals surface area contributed by atoms with Crippen LogP contribution in [-0.2, 0) is 9.53 Å². The minimum absolute atomic E-state index is 0.120. The van der Waals surface area contributed by atoms with Crippen LogP contribution in [0.25, 0.3) is 0 Å². The zero-order valence-corrected chi connectivity index (χ0v) is 20.3. The molecule has 1 unspecified atom stereocenters. The number of carbonyl (C=O) groups is 1. The van der Waals surface area contributed by atoms with Gasteiger partial charge in [-0.1, -0.05) is 65.5 Å². The fraction of sp³-hybridized carbons (Fsp3) is 0.893. The minimum atomic E-state index is 0.120. The molecular weight excluding hydrogens is 368 g/mol. The Bertz CT molecular complexity index is 651. The van der Waals surface area contributed by atoms with Gasteiger partial charge in [-0.15, -0.1) is 0 Å². The topological polar surface area (TPSA) is 26.3 Å². The third kappa shape index (κ3) is 3.79. The van der Waals surface area contributed by atoms with Crippen molar-refractivity contribution in [3.05, 3.63) is 11.6 Å². The van der Waals surface area contributed by atoms with Crippen molar-refractivity contribution in [2.24, 2.45) is 46.3 Å². The van der Waals surface area contributed by atoms with Crippen LogP contribution in [0.15, 0.2) is 11.6 Å². The van der Waals surface area contributed by atoms with Gasteiger partial charge < -0.3 is 4.74 Å². The van der Waals surface area contributed by atoms with Crippen molar-refractivity contribution in [2.45, 2.75) is 111 Å². The highest BCUT2D eigenvalue weighted by atomic mass is 16.5. The first-order valence-corrected chi connectivity index (χ1v) is 13.1. The Morgan fingerprint density at radius 1 is 1.07 bits per heavy atom. The molecule has 0 heterocycles. The zero-order valence-electron chi connectivity index (χ0n) is 20.3. The van der Waals surface area contributed by atoms with Crippen molar-refractivity contribution in [1.82, 2.24) is 0 Å². The number of fused-ring (bicyclic) bond motifs is 5. The van der Waals surface area contributed by atoms with E-state index in [9.17, 15) is 4.79 Å². The molecule has 4 rings (SSSR count). The summed E-state index contributed by atoms with van der Waals surface area (Å²) in [7, 11) is 0. The second kappa shape index (κ2) is 8.62. The quantitative estimate of drug-likeness (QED) is 0.317. The van der Waals surface area contributed by atoms with Crippen LogP contribution >= 0.6 is 0 Å². The van der Waals surface area contributed by atoms with Crippen LogP contribution in [0.3, 0.4) is 0 Å². The smallest absolute Gasteiger partial charge is 0.293 e. The molecule has 0 radical (unpaired) electrons. The molecule has 8 atom stereocenters. The molecule has 2 nitrogen and oxygen atoms in total. The molecule has 0 amide bonds. The molecule has 0 aromatic heterocycles. The average molecular weight is 415 g/mol. The highest BCUT2D eigenvalue weighted by Gasteiger charge is 2.59. The van der Waals surface area contributed by atoms with Gasteiger partial charge in [0.25, 0.3) is 6.47 Å². The number of hydrogen-bond donors (Lipinski definition) is 0. The van der Waals surface area contributed by atoms with E-state index in [0.29, 0.717) is 17.3 Å². The van der Waals surface area contributed by atoms with Gasteiger partial charge in [0.1, 0.15) is 6.10 Å². The Morgan fingerprint density at radius 2 is 1.87 bits per heavy atom. The first-order chi connectivity index (χ1) is 14.3. The van der Waals surface area contributed by atoms with E-state index in [0.717, 1.165) is 48.3 Å². The van der Waals surface area contributed by atoms with Gasteiger partial charge in [-0.3, -0.25) is 4.79 Å². The monoisotopic (exact) mass is 414 g/mol. The molecule has 0 aromatic rings. The van der Waals surface area contributed by atoms with E-state index in [1.54, 1.807) is 5.57 Å². The van der Waals surface area contributed by atoms with Gasteiger partial charge in [-0.25, -0.2) is 0 Å². The van der Waals surface area contributed by atoms with Crippen molar-refractivity contribution in [2.75, 3.05) is 0 Å². The molecule has 3 fully saturated rings. The first kappa shape index (κ1) is 22.4. The van der Waals surface area contributed by atoms with Crippen molar-refractivity contribution in [3.8, 4) is 0 Å². The maximum absolute atomic E-state index is 10.8. The fourth-order valence-electron chi connectivity index (χ4n) is 8.85. The molecule has 0 N–H and O–H groups in total. The maximum atomic E-state index is 10.8. The molecule has 0 saturated heterocycles. The molecule has 2 heteroatoms. The number of rotatable bonds is 7. The van der Waals surface area contributed by atoms with Gasteiger partial charge in [0.2, 0.25) is 0 Å². The molecule has 0 aromatic carbocycles. The Labute approximate surface area is 185 Å². The summed E-state index contributed by atoms with van der Waals surface area (Å²) in [5.41, 5.74) is 2.54. The second-order valence-electron chi connectivity index (χ2n) is 12.4. The largest absolute Gasteiger partial charge is 0.464 e. The Morgan fingerprint density at radius 3 is 2.60 bits per heavy atom. The molecule has 4 aliphatic rings. The SMILES string of the molecule is CC(C)CCCC(C)[C@H]1CC[C@H]2[C@@H]3CC=C4C[C@@H](OC=O)CC[C@]4(C)[C@H]3CC[C@]12C. The van der Waals surface area contributed by atoms with E-state index < -0.39 is 0 Å². The average Bonchev–Trinajstić information content (AvgIpc) is 3.05. The van der Waals surface area contributed by atoms with Gasteiger partial charge in [0.05, 0.1) is 0 Å². The summed E-state index contributed by atoms with van der Waals surface area (Å²) in [6.07, 6.45) is 17.2. The van der Waals surface area contributed by atoms with Crippen LogP contribution in [-0.4, -0.2) is 12.6 Å². The van der Waals surface area contributed by atoms with Crippen LogP contribution in [0, 0.1) is 46.3 Å². The van der Waals surface area contributed by atoms with E-state index in [1.807, 2.05) is 0 Å². The van der Waals surface area contributed by atoms with E-state index in [2.05, 4.69) is 40.7 Å². The third-order valence-electron chi connectivity index (χ3n) is 10.5. The first-order valence-electron chi connectivity index (χ1n) is 13.1. The van der Waals surface area contributed by atoms with Crippen molar-refractivity contribution >= 4 is 6.47 Å². The van der Waals surface area contributed by atoms with Crippen LogP contribution in [0.1, 0.15) is 105 Å². The van der Waals surface area contributed by atoms with Crippen molar-refractivity contribution in [3.63, 3.8) is 0 Å². The van der Waals surface area contributed by atoms with Gasteiger partial charge in [0.15, 0.2) is 0 Å². The molecule has 0 bridgehead atoms. The summed E-state index contributed by atoms with van der Waals surface area (Å²) in [6, 6.07) is 0. The van der Waals surface area contributed by atoms with Gasteiger partial charge in [0, 0.05) is 6.42 Å². The summed E-state index contributed by atoms with van der Waals surface area (Å²) in [4.78, 5) is 10.8. The van der Waals surface area contributed by atoms with Crippen LogP contribution < -0.4 is 0 Å². The standard InChI is InChI=1S/C28H46O2/c1-19(2)7-6-8-20(3)24-11-12-25-23-10-9-21-17-22(30-18-29)13-15-27(21,4)26(23)14-16-28(24,25)5/h9,18-20,22-26H,6-8,10-17H2,1-5H3/t20?,22-,23-,24+,25-,26-,27-,28+/m0/s1. The van der Waals surface area contributed by atoms with Crippen LogP contribution in [0.4, 0.5) is 0 Å². The highest BCUT2D eigenvalue weighted by molar-refractivity contribution is 5.38. The summed E-state index contributed by atoms with van der Waals surface area (Å²) in [5.74, 6) is 5.32. The molecule has 0 spiro atoms. The summed E-state index contributed by atoms with van der Waals surface area (Å²) in [5, 5.41) is 0. The van der Waals surface area contributed by atoms with Gasteiger partial charge in [-0.05, 0) is 91.3 Å². The maximum Gasteiger partial charge on any atom is 0.293 e. The Balaban J connectivity index is 1.47.